The topological polar surface area (TPSA) is 101 Å². The van der Waals surface area contributed by atoms with Gasteiger partial charge in [0.05, 0.1) is 24.5 Å². The standard InChI is InChI=1S/C20H26N6O2S2.HI/c1-14-10-16(7-8-18(14)30(4,27)28)11-21-20(22-12-17-6-5-9-29-17)23-13-19-25-24-15(2)26(19)3;/h5-10H,11-13H2,1-4H3,(H2,21,22,23);1H. The number of aliphatic imine (C=N–C) groups is 1. The summed E-state index contributed by atoms with van der Waals surface area (Å²) in [5.41, 5.74) is 1.66. The summed E-state index contributed by atoms with van der Waals surface area (Å²) in [6, 6.07) is 9.39. The Kier molecular flexibility index (Phi) is 9.01. The molecule has 0 amide bonds. The Morgan fingerprint density at radius 2 is 1.90 bits per heavy atom. The maximum absolute atomic E-state index is 11.8. The van der Waals surface area contributed by atoms with Gasteiger partial charge in [-0.05, 0) is 42.5 Å². The number of guanidine groups is 1. The van der Waals surface area contributed by atoms with Crippen LogP contribution in [-0.2, 0) is 36.5 Å². The number of aryl methyl sites for hydroxylation is 2. The molecule has 2 N–H and O–H groups in total. The molecule has 0 aliphatic carbocycles. The van der Waals surface area contributed by atoms with Crippen LogP contribution in [-0.4, -0.2) is 35.4 Å². The number of nitrogens with one attached hydrogen (secondary N) is 2. The highest BCUT2D eigenvalue weighted by molar-refractivity contribution is 14.0. The second-order valence-electron chi connectivity index (χ2n) is 7.05. The molecule has 0 radical (unpaired) electrons. The van der Waals surface area contributed by atoms with Crippen molar-refractivity contribution in [2.45, 2.75) is 38.4 Å². The highest BCUT2D eigenvalue weighted by Gasteiger charge is 2.11. The number of halogens is 1. The van der Waals surface area contributed by atoms with Gasteiger partial charge in [0, 0.05) is 18.2 Å². The second-order valence-corrected chi connectivity index (χ2v) is 10.1. The quantitative estimate of drug-likeness (QED) is 0.256. The molecular formula is C20H27IN6O2S2. The first-order chi connectivity index (χ1) is 14.2. The van der Waals surface area contributed by atoms with E-state index in [1.807, 2.05) is 36.1 Å². The van der Waals surface area contributed by atoms with E-state index >= 15 is 0 Å². The van der Waals surface area contributed by atoms with Gasteiger partial charge in [0.2, 0.25) is 0 Å². The molecule has 0 saturated carbocycles. The Morgan fingerprint density at radius 1 is 1.16 bits per heavy atom. The molecule has 2 heterocycles. The van der Waals surface area contributed by atoms with Gasteiger partial charge in [0.1, 0.15) is 5.82 Å². The molecule has 0 spiro atoms. The third kappa shape index (κ3) is 7.01. The predicted molar refractivity (Wildman–Crippen MR) is 135 cm³/mol. The monoisotopic (exact) mass is 574 g/mol. The van der Waals surface area contributed by atoms with Crippen LogP contribution in [0, 0.1) is 13.8 Å². The van der Waals surface area contributed by atoms with Gasteiger partial charge in [0.25, 0.3) is 0 Å². The van der Waals surface area contributed by atoms with Crippen LogP contribution in [0.2, 0.25) is 0 Å². The zero-order valence-corrected chi connectivity index (χ0v) is 21.9. The Balaban J connectivity index is 0.00000341. The van der Waals surface area contributed by atoms with Gasteiger partial charge in [-0.25, -0.2) is 13.4 Å². The number of aromatic nitrogens is 3. The van der Waals surface area contributed by atoms with E-state index in [0.717, 1.165) is 22.8 Å². The van der Waals surface area contributed by atoms with Gasteiger partial charge in [0.15, 0.2) is 21.6 Å². The summed E-state index contributed by atoms with van der Waals surface area (Å²) in [6.07, 6.45) is 1.22. The summed E-state index contributed by atoms with van der Waals surface area (Å²) in [6.45, 7) is 5.27. The van der Waals surface area contributed by atoms with Crippen molar-refractivity contribution in [3.63, 3.8) is 0 Å². The minimum absolute atomic E-state index is 0. The molecule has 0 aliphatic heterocycles. The molecule has 0 unspecified atom stereocenters. The van der Waals surface area contributed by atoms with Gasteiger partial charge >= 0.3 is 0 Å². The summed E-state index contributed by atoms with van der Waals surface area (Å²) >= 11 is 1.68. The van der Waals surface area contributed by atoms with Crippen LogP contribution >= 0.6 is 35.3 Å². The molecule has 0 bridgehead atoms. The smallest absolute Gasteiger partial charge is 0.192 e. The molecule has 31 heavy (non-hydrogen) atoms. The number of hydrogen-bond acceptors (Lipinski definition) is 6. The minimum atomic E-state index is -3.23. The second kappa shape index (κ2) is 11.0. The lowest BCUT2D eigenvalue weighted by Crippen LogP contribution is -2.37. The molecule has 3 aromatic rings. The Bertz CT molecular complexity index is 1140. The van der Waals surface area contributed by atoms with Crippen LogP contribution in [0.3, 0.4) is 0 Å². The molecule has 2 aromatic heterocycles. The number of nitrogens with zero attached hydrogens (tertiary/aromatic N) is 4. The van der Waals surface area contributed by atoms with Crippen LogP contribution in [0.5, 0.6) is 0 Å². The van der Waals surface area contributed by atoms with Crippen molar-refractivity contribution in [3.8, 4) is 0 Å². The molecular weight excluding hydrogens is 547 g/mol. The van der Waals surface area contributed by atoms with E-state index in [1.54, 1.807) is 30.4 Å². The number of hydrogen-bond donors (Lipinski definition) is 2. The first kappa shape index (κ1) is 25.3. The fraction of sp³-hybridized carbons (Fsp3) is 0.350. The van der Waals surface area contributed by atoms with E-state index in [0.29, 0.717) is 30.5 Å². The van der Waals surface area contributed by atoms with Crippen molar-refractivity contribution in [2.24, 2.45) is 12.0 Å². The average molecular weight is 575 g/mol. The van der Waals surface area contributed by atoms with Crippen molar-refractivity contribution in [2.75, 3.05) is 6.26 Å². The first-order valence-electron chi connectivity index (χ1n) is 9.43. The lowest BCUT2D eigenvalue weighted by molar-refractivity contribution is 0.601. The molecule has 0 saturated heterocycles. The van der Waals surface area contributed by atoms with Crippen molar-refractivity contribution in [1.82, 2.24) is 25.4 Å². The van der Waals surface area contributed by atoms with Crippen LogP contribution in [0.25, 0.3) is 0 Å². The largest absolute Gasteiger partial charge is 0.351 e. The molecule has 168 valence electrons. The fourth-order valence-electron chi connectivity index (χ4n) is 2.92. The normalized spacial score (nSPS) is 11.8. The van der Waals surface area contributed by atoms with E-state index in [-0.39, 0.29) is 24.0 Å². The van der Waals surface area contributed by atoms with Crippen LogP contribution in [0.4, 0.5) is 0 Å². The van der Waals surface area contributed by atoms with Crippen molar-refractivity contribution in [1.29, 1.82) is 0 Å². The van der Waals surface area contributed by atoms with Gasteiger partial charge in [-0.2, -0.15) is 0 Å². The molecule has 11 heteroatoms. The molecule has 0 aliphatic rings. The van der Waals surface area contributed by atoms with Crippen molar-refractivity contribution >= 4 is 51.1 Å². The lowest BCUT2D eigenvalue weighted by atomic mass is 10.1. The molecule has 0 atom stereocenters. The van der Waals surface area contributed by atoms with E-state index in [9.17, 15) is 8.42 Å². The van der Waals surface area contributed by atoms with Crippen molar-refractivity contribution < 1.29 is 8.42 Å². The molecule has 1 aromatic carbocycles. The van der Waals surface area contributed by atoms with E-state index in [1.165, 1.54) is 11.1 Å². The third-order valence-corrected chi connectivity index (χ3v) is 6.80. The summed E-state index contributed by atoms with van der Waals surface area (Å²) < 4.78 is 25.6. The number of benzene rings is 1. The fourth-order valence-corrected chi connectivity index (χ4v) is 4.53. The Hall–Kier alpha value is -1.99. The van der Waals surface area contributed by atoms with Gasteiger partial charge < -0.3 is 15.2 Å². The first-order valence-corrected chi connectivity index (χ1v) is 12.2. The molecule has 3 rings (SSSR count). The Morgan fingerprint density at radius 3 is 2.48 bits per heavy atom. The SMILES string of the molecule is Cc1cc(CN=C(NCc2cccs2)NCc2nnc(C)n2C)ccc1S(C)(=O)=O.I. The molecule has 8 nitrogen and oxygen atoms in total. The van der Waals surface area contributed by atoms with Gasteiger partial charge in [-0.3, -0.25) is 0 Å². The van der Waals surface area contributed by atoms with E-state index in [4.69, 9.17) is 0 Å². The average Bonchev–Trinajstić information content (AvgIpc) is 3.31. The predicted octanol–water partition coefficient (Wildman–Crippen LogP) is 2.95. The maximum atomic E-state index is 11.8. The van der Waals surface area contributed by atoms with Gasteiger partial charge in [-0.1, -0.05) is 18.2 Å². The van der Waals surface area contributed by atoms with Gasteiger partial charge in [-0.15, -0.1) is 45.5 Å². The zero-order valence-electron chi connectivity index (χ0n) is 17.9. The number of sulfone groups is 1. The highest BCUT2D eigenvalue weighted by atomic mass is 127. The van der Waals surface area contributed by atoms with Crippen LogP contribution < -0.4 is 10.6 Å². The summed E-state index contributed by atoms with van der Waals surface area (Å²) in [7, 11) is -1.31. The summed E-state index contributed by atoms with van der Waals surface area (Å²) in [4.78, 5) is 6.22. The van der Waals surface area contributed by atoms with E-state index < -0.39 is 9.84 Å². The number of thiophene rings is 1. The summed E-state index contributed by atoms with van der Waals surface area (Å²) in [5.74, 6) is 2.30. The van der Waals surface area contributed by atoms with Crippen molar-refractivity contribution in [3.05, 3.63) is 63.4 Å². The highest BCUT2D eigenvalue weighted by Crippen LogP contribution is 2.17. The van der Waals surface area contributed by atoms with E-state index in [2.05, 4.69) is 31.9 Å². The lowest BCUT2D eigenvalue weighted by Gasteiger charge is -2.12. The molecule has 0 fully saturated rings. The third-order valence-electron chi connectivity index (χ3n) is 4.67. The number of rotatable bonds is 7. The van der Waals surface area contributed by atoms with Crippen LogP contribution in [0.15, 0.2) is 45.6 Å². The van der Waals surface area contributed by atoms with Crippen LogP contribution in [0.1, 0.15) is 27.7 Å². The Labute approximate surface area is 204 Å². The maximum Gasteiger partial charge on any atom is 0.192 e. The summed E-state index contributed by atoms with van der Waals surface area (Å²) in [5, 5.41) is 16.9. The zero-order chi connectivity index (χ0) is 21.7. The minimum Gasteiger partial charge on any atom is -0.351 e.